The largest absolute Gasteiger partial charge is 0.504 e. The lowest BCUT2D eigenvalue weighted by Crippen LogP contribution is -2.34. The van der Waals surface area contributed by atoms with Gasteiger partial charge in [-0.25, -0.2) is 0 Å². The number of aromatic hydroxyl groups is 1. The predicted octanol–water partition coefficient (Wildman–Crippen LogP) is 6.85. The maximum Gasteiger partial charge on any atom is 0.161 e. The molecule has 3 rings (SSSR count). The molecule has 0 fully saturated rings. The van der Waals surface area contributed by atoms with E-state index in [1.54, 1.807) is 12.3 Å². The van der Waals surface area contributed by atoms with Crippen molar-refractivity contribution in [1.82, 2.24) is 15.4 Å². The molecule has 1 N–H and O–H groups in total. The summed E-state index contributed by atoms with van der Waals surface area (Å²) in [5.74, 6) is 1.66. The number of unbranched alkanes of at least 4 members (excludes halogenated alkanes) is 2. The Balaban J connectivity index is 0.000000237. The van der Waals surface area contributed by atoms with Gasteiger partial charge in [-0.3, -0.25) is 0 Å². The summed E-state index contributed by atoms with van der Waals surface area (Å²) in [5, 5.41) is 21.0. The molecular weight excluding hydrogens is 414 g/mol. The van der Waals surface area contributed by atoms with Crippen LogP contribution in [0.4, 0.5) is 0 Å². The van der Waals surface area contributed by atoms with Gasteiger partial charge >= 0.3 is 0 Å². The van der Waals surface area contributed by atoms with Crippen molar-refractivity contribution < 1.29 is 14.6 Å². The molecule has 3 aromatic rings. The van der Waals surface area contributed by atoms with Crippen LogP contribution < -0.4 is 9.47 Å². The molecule has 33 heavy (non-hydrogen) atoms. The zero-order chi connectivity index (χ0) is 23.9. The Kier molecular flexibility index (Phi) is 11.1. The maximum atomic E-state index is 9.81. The van der Waals surface area contributed by atoms with Crippen molar-refractivity contribution in [2.24, 2.45) is 0 Å². The fourth-order valence-corrected chi connectivity index (χ4v) is 3.62. The zero-order valence-corrected chi connectivity index (χ0v) is 20.3. The van der Waals surface area contributed by atoms with Crippen molar-refractivity contribution in [3.63, 3.8) is 0 Å². The molecule has 0 atom stereocenters. The Morgan fingerprint density at radius 1 is 0.848 bits per heavy atom. The first-order valence-electron chi connectivity index (χ1n) is 11.9. The second-order valence-electron chi connectivity index (χ2n) is 7.85. The lowest BCUT2D eigenvalue weighted by molar-refractivity contribution is 0.0456. The van der Waals surface area contributed by atoms with Crippen LogP contribution in [0, 0.1) is 0 Å². The number of benzene rings is 2. The standard InChI is InChI=1S/C16H26O2.C11H11N3O/c1-4-7-10-13-16(5-2,6-3)18-15-12-9-8-11-14(15)17;1-2-15-11-6-4-3-5-9(11)10-7-8-12-14-13-10/h8-9,11-12,17H,4-7,10,13H2,1-3H3;3-8H,2H2,1H3. The van der Waals surface area contributed by atoms with Gasteiger partial charge in [0.25, 0.3) is 0 Å². The molecule has 2 aromatic carbocycles. The van der Waals surface area contributed by atoms with Crippen LogP contribution in [-0.4, -0.2) is 32.7 Å². The van der Waals surface area contributed by atoms with E-state index in [0.717, 1.165) is 36.3 Å². The molecule has 1 aromatic heterocycles. The molecule has 178 valence electrons. The number of ether oxygens (including phenoxy) is 2. The van der Waals surface area contributed by atoms with Gasteiger partial charge in [-0.1, -0.05) is 57.9 Å². The normalized spacial score (nSPS) is 10.8. The summed E-state index contributed by atoms with van der Waals surface area (Å²) >= 11 is 0. The average molecular weight is 452 g/mol. The van der Waals surface area contributed by atoms with E-state index in [2.05, 4.69) is 36.2 Å². The molecule has 0 radical (unpaired) electrons. The Hall–Kier alpha value is -3.15. The SMILES string of the molecule is CCCCCC(CC)(CC)Oc1ccccc1O.CCOc1ccccc1-c1ccnnn1. The molecule has 0 aliphatic rings. The number of phenolic OH excluding ortho intramolecular Hbond substituents is 1. The quantitative estimate of drug-likeness (QED) is 0.321. The lowest BCUT2D eigenvalue weighted by Gasteiger charge is -2.33. The number of para-hydroxylation sites is 3. The van der Waals surface area contributed by atoms with Gasteiger partial charge in [-0.15, -0.1) is 10.2 Å². The highest BCUT2D eigenvalue weighted by Gasteiger charge is 2.28. The summed E-state index contributed by atoms with van der Waals surface area (Å²) in [7, 11) is 0. The minimum atomic E-state index is -0.131. The maximum absolute atomic E-state index is 9.81. The zero-order valence-electron chi connectivity index (χ0n) is 20.3. The summed E-state index contributed by atoms with van der Waals surface area (Å²) in [4.78, 5) is 0. The third-order valence-electron chi connectivity index (χ3n) is 5.68. The van der Waals surface area contributed by atoms with Gasteiger partial charge < -0.3 is 14.6 Å². The monoisotopic (exact) mass is 451 g/mol. The minimum Gasteiger partial charge on any atom is -0.504 e. The highest BCUT2D eigenvalue weighted by molar-refractivity contribution is 5.66. The second-order valence-corrected chi connectivity index (χ2v) is 7.85. The van der Waals surface area contributed by atoms with Gasteiger partial charge in [0.15, 0.2) is 11.5 Å². The number of rotatable bonds is 11. The van der Waals surface area contributed by atoms with Crippen molar-refractivity contribution in [2.45, 2.75) is 71.8 Å². The molecule has 6 nitrogen and oxygen atoms in total. The van der Waals surface area contributed by atoms with E-state index in [9.17, 15) is 5.11 Å². The van der Waals surface area contributed by atoms with E-state index in [1.807, 2.05) is 55.5 Å². The summed E-state index contributed by atoms with van der Waals surface area (Å²) in [6, 6.07) is 16.8. The van der Waals surface area contributed by atoms with E-state index in [1.165, 1.54) is 19.3 Å². The van der Waals surface area contributed by atoms with Crippen molar-refractivity contribution in [3.8, 4) is 28.5 Å². The third kappa shape index (κ3) is 8.04. The number of hydrogen-bond donors (Lipinski definition) is 1. The molecule has 0 saturated heterocycles. The van der Waals surface area contributed by atoms with Crippen LogP contribution >= 0.6 is 0 Å². The molecule has 0 aliphatic heterocycles. The molecule has 0 spiro atoms. The van der Waals surface area contributed by atoms with Gasteiger partial charge in [0.1, 0.15) is 17.0 Å². The fourth-order valence-electron chi connectivity index (χ4n) is 3.62. The third-order valence-corrected chi connectivity index (χ3v) is 5.68. The van der Waals surface area contributed by atoms with Crippen LogP contribution in [0.2, 0.25) is 0 Å². The summed E-state index contributed by atoms with van der Waals surface area (Å²) in [6.07, 6.45) is 8.27. The Bertz CT molecular complexity index is 931. The summed E-state index contributed by atoms with van der Waals surface area (Å²) < 4.78 is 11.6. The van der Waals surface area contributed by atoms with E-state index < -0.39 is 0 Å². The first-order chi connectivity index (χ1) is 16.1. The predicted molar refractivity (Wildman–Crippen MR) is 133 cm³/mol. The van der Waals surface area contributed by atoms with Gasteiger partial charge in [0.05, 0.1) is 12.8 Å². The van der Waals surface area contributed by atoms with Crippen LogP contribution in [0.25, 0.3) is 11.3 Å². The van der Waals surface area contributed by atoms with Crippen LogP contribution in [0.5, 0.6) is 17.2 Å². The highest BCUT2D eigenvalue weighted by atomic mass is 16.5. The Morgan fingerprint density at radius 3 is 2.15 bits per heavy atom. The van der Waals surface area contributed by atoms with Crippen molar-refractivity contribution in [1.29, 1.82) is 0 Å². The molecule has 1 heterocycles. The van der Waals surface area contributed by atoms with Crippen LogP contribution in [0.3, 0.4) is 0 Å². The first kappa shape index (κ1) is 26.1. The van der Waals surface area contributed by atoms with E-state index in [0.29, 0.717) is 12.4 Å². The van der Waals surface area contributed by atoms with E-state index in [-0.39, 0.29) is 11.4 Å². The van der Waals surface area contributed by atoms with Crippen molar-refractivity contribution in [3.05, 3.63) is 60.8 Å². The molecule has 0 unspecified atom stereocenters. The summed E-state index contributed by atoms with van der Waals surface area (Å²) in [5.41, 5.74) is 1.58. The number of aromatic nitrogens is 3. The number of phenols is 1. The Morgan fingerprint density at radius 2 is 1.55 bits per heavy atom. The summed E-state index contributed by atoms with van der Waals surface area (Å²) in [6.45, 7) is 9.12. The van der Waals surface area contributed by atoms with E-state index >= 15 is 0 Å². The molecule has 0 aliphatic carbocycles. The van der Waals surface area contributed by atoms with Gasteiger partial charge in [0, 0.05) is 5.56 Å². The van der Waals surface area contributed by atoms with Crippen molar-refractivity contribution in [2.75, 3.05) is 6.61 Å². The smallest absolute Gasteiger partial charge is 0.161 e. The van der Waals surface area contributed by atoms with Crippen molar-refractivity contribution >= 4 is 0 Å². The molecule has 0 bridgehead atoms. The molecule has 6 heteroatoms. The lowest BCUT2D eigenvalue weighted by atomic mass is 9.90. The molecule has 0 saturated carbocycles. The topological polar surface area (TPSA) is 77.4 Å². The second kappa shape index (κ2) is 14.1. The fraction of sp³-hybridized carbons (Fsp3) is 0.444. The number of hydrogen-bond acceptors (Lipinski definition) is 6. The van der Waals surface area contributed by atoms with Gasteiger partial charge in [-0.05, 0) is 68.2 Å². The van der Waals surface area contributed by atoms with Gasteiger partial charge in [-0.2, -0.15) is 0 Å². The Labute approximate surface area is 198 Å². The average Bonchev–Trinajstić information content (AvgIpc) is 2.86. The van der Waals surface area contributed by atoms with Crippen LogP contribution in [-0.2, 0) is 0 Å². The molecule has 0 amide bonds. The molecular formula is C27H37N3O3. The van der Waals surface area contributed by atoms with Crippen LogP contribution in [0.1, 0.15) is 66.2 Å². The van der Waals surface area contributed by atoms with E-state index in [4.69, 9.17) is 9.47 Å². The first-order valence-corrected chi connectivity index (χ1v) is 11.9. The highest BCUT2D eigenvalue weighted by Crippen LogP contribution is 2.34. The number of nitrogens with zero attached hydrogens (tertiary/aromatic N) is 3. The minimum absolute atomic E-state index is 0.131. The van der Waals surface area contributed by atoms with Gasteiger partial charge in [0.2, 0.25) is 0 Å². The van der Waals surface area contributed by atoms with Crippen LogP contribution in [0.15, 0.2) is 60.8 Å².